The average Bonchev–Trinajstić information content (AvgIpc) is 3.51. The summed E-state index contributed by atoms with van der Waals surface area (Å²) in [5.74, 6) is 0.826. The second kappa shape index (κ2) is 8.35. The molecule has 1 saturated carbocycles. The summed E-state index contributed by atoms with van der Waals surface area (Å²) >= 11 is 1.23. The highest BCUT2D eigenvalue weighted by Gasteiger charge is 2.28. The Morgan fingerprint density at radius 2 is 1.88 bits per heavy atom. The van der Waals surface area contributed by atoms with Crippen molar-refractivity contribution < 1.29 is 4.79 Å². The number of ketones is 1. The Morgan fingerprint density at radius 3 is 2.50 bits per heavy atom. The minimum Gasteiger partial charge on any atom is -0.345 e. The Balaban J connectivity index is 1.73. The molecule has 0 unspecified atom stereocenters. The fourth-order valence-electron chi connectivity index (χ4n) is 4.24. The number of nitrogens with zero attached hydrogens (tertiary/aromatic N) is 5. The molecule has 170 valence electrons. The van der Waals surface area contributed by atoms with Crippen molar-refractivity contribution in [2.24, 2.45) is 13.0 Å². The van der Waals surface area contributed by atoms with Crippen molar-refractivity contribution in [3.8, 4) is 0 Å². The zero-order valence-corrected chi connectivity index (χ0v) is 20.2. The summed E-state index contributed by atoms with van der Waals surface area (Å²) < 4.78 is 4.88. The number of fused-ring (bicyclic) bond motifs is 1. The SMILES string of the molecule is Cc1nc(SCC(=O)c2cc(C)n(C3CC3)c2C)c2c(=O)n(C)c(=O)n(CC(C)C)c2n1. The van der Waals surface area contributed by atoms with Crippen LogP contribution in [0.1, 0.15) is 60.3 Å². The van der Waals surface area contributed by atoms with Gasteiger partial charge in [-0.1, -0.05) is 25.6 Å². The van der Waals surface area contributed by atoms with Crippen LogP contribution in [0.15, 0.2) is 20.7 Å². The van der Waals surface area contributed by atoms with Gasteiger partial charge in [-0.2, -0.15) is 0 Å². The summed E-state index contributed by atoms with van der Waals surface area (Å²) in [7, 11) is 1.47. The Labute approximate surface area is 190 Å². The molecule has 1 aliphatic rings. The molecule has 0 saturated heterocycles. The van der Waals surface area contributed by atoms with Crippen molar-refractivity contribution in [1.29, 1.82) is 0 Å². The van der Waals surface area contributed by atoms with Gasteiger partial charge in [-0.05, 0) is 45.6 Å². The van der Waals surface area contributed by atoms with Crippen LogP contribution in [-0.4, -0.2) is 35.2 Å². The van der Waals surface area contributed by atoms with E-state index >= 15 is 0 Å². The van der Waals surface area contributed by atoms with Crippen LogP contribution in [0.5, 0.6) is 0 Å². The highest BCUT2D eigenvalue weighted by atomic mass is 32.2. The molecule has 0 bridgehead atoms. The van der Waals surface area contributed by atoms with Gasteiger partial charge in [0.1, 0.15) is 16.2 Å². The Kier molecular flexibility index (Phi) is 5.87. The van der Waals surface area contributed by atoms with Gasteiger partial charge in [0.15, 0.2) is 11.4 Å². The summed E-state index contributed by atoms with van der Waals surface area (Å²) in [6.07, 6.45) is 2.32. The number of aromatic nitrogens is 5. The highest BCUT2D eigenvalue weighted by molar-refractivity contribution is 8.00. The third-order valence-electron chi connectivity index (χ3n) is 5.85. The number of aryl methyl sites for hydroxylation is 2. The van der Waals surface area contributed by atoms with E-state index < -0.39 is 11.2 Å². The van der Waals surface area contributed by atoms with E-state index in [-0.39, 0.29) is 17.5 Å². The van der Waals surface area contributed by atoms with Gasteiger partial charge in [-0.3, -0.25) is 18.7 Å². The molecule has 0 aromatic carbocycles. The van der Waals surface area contributed by atoms with Crippen LogP contribution in [0.3, 0.4) is 0 Å². The van der Waals surface area contributed by atoms with Crippen LogP contribution >= 0.6 is 11.8 Å². The van der Waals surface area contributed by atoms with Gasteiger partial charge in [-0.25, -0.2) is 14.8 Å². The molecule has 0 N–H and O–H groups in total. The fourth-order valence-corrected chi connectivity index (χ4v) is 5.18. The third-order valence-corrected chi connectivity index (χ3v) is 6.82. The smallest absolute Gasteiger partial charge is 0.332 e. The van der Waals surface area contributed by atoms with Crippen molar-refractivity contribution in [2.45, 2.75) is 65.1 Å². The lowest BCUT2D eigenvalue weighted by Gasteiger charge is -2.15. The largest absolute Gasteiger partial charge is 0.345 e. The van der Waals surface area contributed by atoms with Gasteiger partial charge < -0.3 is 4.57 Å². The van der Waals surface area contributed by atoms with Crippen LogP contribution in [0.4, 0.5) is 0 Å². The normalized spacial score (nSPS) is 14.0. The van der Waals surface area contributed by atoms with Crippen LogP contribution in [0.25, 0.3) is 11.0 Å². The Bertz CT molecular complexity index is 1340. The lowest BCUT2D eigenvalue weighted by atomic mass is 10.2. The number of carbonyl (C=O) groups is 1. The van der Waals surface area contributed by atoms with Gasteiger partial charge in [-0.15, -0.1) is 0 Å². The van der Waals surface area contributed by atoms with E-state index in [0.717, 1.165) is 34.4 Å². The molecule has 3 aromatic heterocycles. The second-order valence-electron chi connectivity index (χ2n) is 9.02. The van der Waals surface area contributed by atoms with E-state index in [1.807, 2.05) is 33.8 Å². The maximum Gasteiger partial charge on any atom is 0.332 e. The second-order valence-corrected chi connectivity index (χ2v) is 9.99. The fraction of sp³-hybridized carbons (Fsp3) is 0.522. The van der Waals surface area contributed by atoms with E-state index in [9.17, 15) is 14.4 Å². The molecule has 0 spiro atoms. The summed E-state index contributed by atoms with van der Waals surface area (Å²) in [6.45, 7) is 10.2. The van der Waals surface area contributed by atoms with E-state index in [1.165, 1.54) is 23.4 Å². The lowest BCUT2D eigenvalue weighted by molar-refractivity contribution is 0.102. The number of hydrogen-bond acceptors (Lipinski definition) is 6. The first-order chi connectivity index (χ1) is 15.1. The first kappa shape index (κ1) is 22.5. The van der Waals surface area contributed by atoms with Gasteiger partial charge in [0.05, 0.1) is 5.75 Å². The van der Waals surface area contributed by atoms with Crippen LogP contribution < -0.4 is 11.2 Å². The molecule has 1 fully saturated rings. The van der Waals surface area contributed by atoms with Crippen LogP contribution in [0.2, 0.25) is 0 Å². The van der Waals surface area contributed by atoms with Crippen LogP contribution in [0, 0.1) is 26.7 Å². The van der Waals surface area contributed by atoms with Gasteiger partial charge in [0.2, 0.25) is 0 Å². The summed E-state index contributed by atoms with van der Waals surface area (Å²) in [6, 6.07) is 2.47. The molecule has 0 amide bonds. The molecule has 0 atom stereocenters. The molecule has 0 aliphatic heterocycles. The van der Waals surface area contributed by atoms with E-state index in [2.05, 4.69) is 14.5 Å². The lowest BCUT2D eigenvalue weighted by Crippen LogP contribution is -2.39. The standard InChI is InChI=1S/C23H29N5O3S/c1-12(2)10-27-20-19(22(30)26(6)23(27)31)21(25-15(5)24-20)32-11-18(29)17-9-13(3)28(14(17)4)16-7-8-16/h9,12,16H,7-8,10-11H2,1-6H3. The van der Waals surface area contributed by atoms with E-state index in [0.29, 0.717) is 34.5 Å². The van der Waals surface area contributed by atoms with Crippen molar-refractivity contribution in [1.82, 2.24) is 23.7 Å². The zero-order valence-electron chi connectivity index (χ0n) is 19.4. The monoisotopic (exact) mass is 455 g/mol. The summed E-state index contributed by atoms with van der Waals surface area (Å²) in [4.78, 5) is 47.7. The molecule has 8 nitrogen and oxygen atoms in total. The van der Waals surface area contributed by atoms with Gasteiger partial charge in [0.25, 0.3) is 5.56 Å². The molecular formula is C23H29N5O3S. The van der Waals surface area contributed by atoms with Crippen molar-refractivity contribution >= 4 is 28.6 Å². The predicted octanol–water partition coefficient (Wildman–Crippen LogP) is 3.18. The van der Waals surface area contributed by atoms with Crippen molar-refractivity contribution in [3.05, 3.63) is 49.7 Å². The molecular weight excluding hydrogens is 426 g/mol. The van der Waals surface area contributed by atoms with E-state index in [1.54, 1.807) is 6.92 Å². The number of thioether (sulfide) groups is 1. The highest BCUT2D eigenvalue weighted by Crippen LogP contribution is 2.38. The number of rotatable bonds is 7. The van der Waals surface area contributed by atoms with Gasteiger partial charge >= 0.3 is 5.69 Å². The molecule has 4 rings (SSSR count). The maximum absolute atomic E-state index is 13.1. The molecule has 0 radical (unpaired) electrons. The minimum absolute atomic E-state index is 0.00624. The zero-order chi connectivity index (χ0) is 23.3. The third kappa shape index (κ3) is 3.94. The number of Topliss-reactive ketones (excluding diaryl/α,β-unsaturated/α-hetero) is 1. The maximum atomic E-state index is 13.1. The summed E-state index contributed by atoms with van der Waals surface area (Å²) in [5.41, 5.74) is 2.33. The van der Waals surface area contributed by atoms with Crippen LogP contribution in [-0.2, 0) is 13.6 Å². The molecule has 3 heterocycles. The summed E-state index contributed by atoms with van der Waals surface area (Å²) in [5, 5.41) is 0.731. The minimum atomic E-state index is -0.438. The van der Waals surface area contributed by atoms with Gasteiger partial charge in [0, 0.05) is 36.6 Å². The topological polar surface area (TPSA) is 91.8 Å². The Morgan fingerprint density at radius 1 is 1.19 bits per heavy atom. The average molecular weight is 456 g/mol. The molecule has 1 aliphatic carbocycles. The molecule has 3 aromatic rings. The molecule has 32 heavy (non-hydrogen) atoms. The quantitative estimate of drug-likeness (QED) is 0.309. The van der Waals surface area contributed by atoms with Crippen molar-refractivity contribution in [2.75, 3.05) is 5.75 Å². The first-order valence-electron chi connectivity index (χ1n) is 10.9. The number of hydrogen-bond donors (Lipinski definition) is 0. The first-order valence-corrected chi connectivity index (χ1v) is 11.9. The predicted molar refractivity (Wildman–Crippen MR) is 126 cm³/mol. The molecule has 9 heteroatoms. The van der Waals surface area contributed by atoms with Crippen molar-refractivity contribution in [3.63, 3.8) is 0 Å². The Hall–Kier alpha value is -2.68. The number of carbonyl (C=O) groups excluding carboxylic acids is 1. The van der Waals surface area contributed by atoms with E-state index in [4.69, 9.17) is 0 Å².